The molecule has 5 aromatic rings. The average molecular weight is 521 g/mol. The first-order chi connectivity index (χ1) is 18.6. The number of amides is 1. The summed E-state index contributed by atoms with van der Waals surface area (Å²) in [6.45, 7) is 4.31. The van der Waals surface area contributed by atoms with Gasteiger partial charge < -0.3 is 5.32 Å². The number of anilines is 1. The van der Waals surface area contributed by atoms with E-state index in [1.54, 1.807) is 6.21 Å². The van der Waals surface area contributed by atoms with Crippen molar-refractivity contribution in [1.29, 1.82) is 0 Å². The molecule has 0 unspecified atom stereocenters. The fourth-order valence-electron chi connectivity index (χ4n) is 4.08. The number of hydrogen-bond acceptors (Lipinski definition) is 6. The summed E-state index contributed by atoms with van der Waals surface area (Å²) in [6, 6.07) is 32.3. The smallest absolute Gasteiger partial charge is 0.253 e. The number of fused-ring (bicyclic) bond motifs is 1. The molecule has 7 nitrogen and oxygen atoms in total. The maximum atomic E-state index is 12.8. The first kappa shape index (κ1) is 25.2. The Morgan fingerprint density at radius 1 is 0.947 bits per heavy atom. The van der Waals surface area contributed by atoms with Crippen LogP contribution in [-0.4, -0.2) is 32.1 Å². The Kier molecular flexibility index (Phi) is 7.80. The van der Waals surface area contributed by atoms with Crippen molar-refractivity contribution < 1.29 is 4.79 Å². The minimum Gasteiger partial charge on any atom is -0.377 e. The molecule has 1 aromatic heterocycles. The molecule has 0 aliphatic heterocycles. The molecule has 0 radical (unpaired) electrons. The van der Waals surface area contributed by atoms with Gasteiger partial charge in [0.1, 0.15) is 0 Å². The highest BCUT2D eigenvalue weighted by atomic mass is 32.2. The number of nitrogens with zero attached hydrogens (tertiary/aromatic N) is 4. The van der Waals surface area contributed by atoms with Crippen LogP contribution >= 0.6 is 11.8 Å². The van der Waals surface area contributed by atoms with E-state index < -0.39 is 5.25 Å². The summed E-state index contributed by atoms with van der Waals surface area (Å²) in [5.41, 5.74) is 6.66. The SMILES string of the molecule is Cc1ccccc1/C=N\NC(=O)[C@@H](C)Sc1nnc(CNc2cccc3ccccc23)n1-c1ccccc1. The highest BCUT2D eigenvalue weighted by molar-refractivity contribution is 8.00. The highest BCUT2D eigenvalue weighted by Crippen LogP contribution is 2.27. The molecule has 38 heavy (non-hydrogen) atoms. The van der Waals surface area contributed by atoms with Crippen molar-refractivity contribution in [3.63, 3.8) is 0 Å². The molecule has 0 aliphatic carbocycles. The van der Waals surface area contributed by atoms with E-state index >= 15 is 0 Å². The number of aromatic nitrogens is 3. The average Bonchev–Trinajstić information content (AvgIpc) is 3.35. The lowest BCUT2D eigenvalue weighted by molar-refractivity contribution is -0.120. The summed E-state index contributed by atoms with van der Waals surface area (Å²) in [6.07, 6.45) is 1.66. The van der Waals surface area contributed by atoms with E-state index in [4.69, 9.17) is 0 Å². The summed E-state index contributed by atoms with van der Waals surface area (Å²) >= 11 is 1.34. The van der Waals surface area contributed by atoms with Gasteiger partial charge in [0, 0.05) is 16.8 Å². The van der Waals surface area contributed by atoms with Crippen molar-refractivity contribution >= 4 is 40.3 Å². The molecule has 1 amide bonds. The van der Waals surface area contributed by atoms with E-state index in [-0.39, 0.29) is 5.91 Å². The molecule has 5 rings (SSSR count). The molecule has 0 bridgehead atoms. The van der Waals surface area contributed by atoms with Gasteiger partial charge in [0.2, 0.25) is 0 Å². The van der Waals surface area contributed by atoms with E-state index in [9.17, 15) is 4.79 Å². The zero-order valence-corrected chi connectivity index (χ0v) is 22.0. The molecule has 0 saturated carbocycles. The van der Waals surface area contributed by atoms with E-state index in [1.165, 1.54) is 17.1 Å². The van der Waals surface area contributed by atoms with Gasteiger partial charge in [-0.25, -0.2) is 5.43 Å². The van der Waals surface area contributed by atoms with Crippen LogP contribution in [0.1, 0.15) is 23.9 Å². The number of nitrogens with one attached hydrogen (secondary N) is 2. The lowest BCUT2D eigenvalue weighted by atomic mass is 10.1. The number of hydrazone groups is 1. The summed E-state index contributed by atoms with van der Waals surface area (Å²) in [4.78, 5) is 12.8. The number of aryl methyl sites for hydroxylation is 1. The third-order valence-corrected chi connectivity index (χ3v) is 7.20. The topological polar surface area (TPSA) is 84.2 Å². The normalized spacial score (nSPS) is 12.1. The predicted octanol–water partition coefficient (Wildman–Crippen LogP) is 5.97. The van der Waals surface area contributed by atoms with Crippen molar-refractivity contribution in [2.75, 3.05) is 5.32 Å². The Bertz CT molecular complexity index is 1580. The number of para-hydroxylation sites is 1. The Balaban J connectivity index is 1.33. The maximum Gasteiger partial charge on any atom is 0.253 e. The van der Waals surface area contributed by atoms with E-state index in [0.29, 0.717) is 11.7 Å². The van der Waals surface area contributed by atoms with Crippen LogP contribution in [0, 0.1) is 6.92 Å². The lowest BCUT2D eigenvalue weighted by Crippen LogP contribution is -2.27. The Morgan fingerprint density at radius 2 is 1.68 bits per heavy atom. The molecule has 4 aromatic carbocycles. The van der Waals surface area contributed by atoms with Gasteiger partial charge >= 0.3 is 0 Å². The molecular formula is C30H28N6OS. The van der Waals surface area contributed by atoms with Gasteiger partial charge in [-0.15, -0.1) is 10.2 Å². The first-order valence-corrected chi connectivity index (χ1v) is 13.2. The zero-order chi connectivity index (χ0) is 26.3. The number of hydrogen-bond donors (Lipinski definition) is 2. The second-order valence-electron chi connectivity index (χ2n) is 8.80. The lowest BCUT2D eigenvalue weighted by Gasteiger charge is -2.14. The minimum absolute atomic E-state index is 0.210. The summed E-state index contributed by atoms with van der Waals surface area (Å²) in [7, 11) is 0. The summed E-state index contributed by atoms with van der Waals surface area (Å²) in [5.74, 6) is 0.537. The van der Waals surface area contributed by atoms with Crippen LogP contribution in [0.4, 0.5) is 5.69 Å². The molecule has 0 saturated heterocycles. The Morgan fingerprint density at radius 3 is 2.53 bits per heavy atom. The van der Waals surface area contributed by atoms with Crippen LogP contribution in [0.25, 0.3) is 16.5 Å². The standard InChI is InChI=1S/C30H28N6OS/c1-21-11-6-7-13-24(21)19-32-34-29(37)22(2)38-30-35-33-28(36(30)25-15-4-3-5-16-25)20-31-27-18-10-14-23-12-8-9-17-26(23)27/h3-19,22,31H,20H2,1-2H3,(H,34,37)/b32-19-/t22-/m1/s1. The van der Waals surface area contributed by atoms with Gasteiger partial charge in [0.15, 0.2) is 11.0 Å². The molecule has 8 heteroatoms. The molecule has 0 fully saturated rings. The van der Waals surface area contributed by atoms with Crippen LogP contribution in [0.3, 0.4) is 0 Å². The van der Waals surface area contributed by atoms with Gasteiger partial charge in [0.05, 0.1) is 18.0 Å². The molecule has 2 N–H and O–H groups in total. The van der Waals surface area contributed by atoms with Gasteiger partial charge in [-0.3, -0.25) is 9.36 Å². The summed E-state index contributed by atoms with van der Waals surface area (Å²) in [5, 5.41) is 19.1. The predicted molar refractivity (Wildman–Crippen MR) is 155 cm³/mol. The van der Waals surface area contributed by atoms with Crippen molar-refractivity contribution in [3.05, 3.63) is 114 Å². The maximum absolute atomic E-state index is 12.8. The number of benzene rings is 4. The van der Waals surface area contributed by atoms with Crippen molar-refractivity contribution in [2.24, 2.45) is 5.10 Å². The third-order valence-electron chi connectivity index (χ3n) is 6.16. The van der Waals surface area contributed by atoms with E-state index in [1.807, 2.05) is 91.2 Å². The van der Waals surface area contributed by atoms with Gasteiger partial charge in [-0.05, 0) is 48.6 Å². The number of carbonyl (C=O) groups excluding carboxylic acids is 1. The molecule has 0 spiro atoms. The molecule has 0 aliphatic rings. The van der Waals surface area contributed by atoms with Crippen molar-refractivity contribution in [2.45, 2.75) is 30.8 Å². The summed E-state index contributed by atoms with van der Waals surface area (Å²) < 4.78 is 1.99. The van der Waals surface area contributed by atoms with Crippen LogP contribution in [-0.2, 0) is 11.3 Å². The highest BCUT2D eigenvalue weighted by Gasteiger charge is 2.21. The number of rotatable bonds is 9. The zero-order valence-electron chi connectivity index (χ0n) is 21.2. The fraction of sp³-hybridized carbons (Fsp3) is 0.133. The molecular weight excluding hydrogens is 492 g/mol. The number of thioether (sulfide) groups is 1. The monoisotopic (exact) mass is 520 g/mol. The molecule has 190 valence electrons. The Hall–Kier alpha value is -4.43. The minimum atomic E-state index is -0.436. The second-order valence-corrected chi connectivity index (χ2v) is 10.1. The quantitative estimate of drug-likeness (QED) is 0.142. The molecule has 1 heterocycles. The number of carbonyl (C=O) groups is 1. The van der Waals surface area contributed by atoms with E-state index in [2.05, 4.69) is 50.3 Å². The van der Waals surface area contributed by atoms with E-state index in [0.717, 1.165) is 33.7 Å². The largest absolute Gasteiger partial charge is 0.377 e. The third kappa shape index (κ3) is 5.76. The van der Waals surface area contributed by atoms with Gasteiger partial charge in [0.25, 0.3) is 5.91 Å². The van der Waals surface area contributed by atoms with Crippen molar-refractivity contribution in [3.8, 4) is 5.69 Å². The fourth-order valence-corrected chi connectivity index (χ4v) is 4.96. The Labute approximate surface area is 226 Å². The van der Waals surface area contributed by atoms with Gasteiger partial charge in [-0.2, -0.15) is 5.10 Å². The van der Waals surface area contributed by atoms with Crippen LogP contribution in [0.15, 0.2) is 107 Å². The van der Waals surface area contributed by atoms with Crippen molar-refractivity contribution in [1.82, 2.24) is 20.2 Å². The second kappa shape index (κ2) is 11.7. The molecule has 1 atom stereocenters. The first-order valence-electron chi connectivity index (χ1n) is 12.4. The van der Waals surface area contributed by atoms with Gasteiger partial charge in [-0.1, -0.05) is 90.6 Å². The van der Waals surface area contributed by atoms with Crippen LogP contribution in [0.2, 0.25) is 0 Å². The van der Waals surface area contributed by atoms with Crippen LogP contribution < -0.4 is 10.7 Å². The van der Waals surface area contributed by atoms with Crippen LogP contribution in [0.5, 0.6) is 0 Å².